The highest BCUT2D eigenvalue weighted by molar-refractivity contribution is 5.83. The highest BCUT2D eigenvalue weighted by Crippen LogP contribution is 1.95. The van der Waals surface area contributed by atoms with Crippen molar-refractivity contribution in [3.63, 3.8) is 0 Å². The summed E-state index contributed by atoms with van der Waals surface area (Å²) in [5, 5.41) is 3.00. The largest absolute Gasteiger partial charge is 0.342 e. The first-order valence-corrected chi connectivity index (χ1v) is 6.81. The summed E-state index contributed by atoms with van der Waals surface area (Å²) in [6.07, 6.45) is 0. The molecule has 0 saturated carbocycles. The molecule has 0 aromatic rings. The first kappa shape index (κ1) is 16.9. The molecule has 1 atom stereocenters. The molecule has 0 aliphatic carbocycles. The molecule has 5 heteroatoms. The van der Waals surface area contributed by atoms with Crippen molar-refractivity contribution in [3.05, 3.63) is 0 Å². The smallest absolute Gasteiger partial charge is 0.239 e. The summed E-state index contributed by atoms with van der Waals surface area (Å²) in [4.78, 5) is 27.3. The molecule has 0 heterocycles. The van der Waals surface area contributed by atoms with Crippen molar-refractivity contribution in [1.82, 2.24) is 15.1 Å². The molecule has 0 aromatic carbocycles. The third-order valence-corrected chi connectivity index (χ3v) is 3.12. The fourth-order valence-corrected chi connectivity index (χ4v) is 1.82. The summed E-state index contributed by atoms with van der Waals surface area (Å²) in [5.41, 5.74) is 0. The van der Waals surface area contributed by atoms with E-state index in [1.54, 1.807) is 16.7 Å². The van der Waals surface area contributed by atoms with E-state index in [0.717, 1.165) is 0 Å². The van der Waals surface area contributed by atoms with E-state index in [9.17, 15) is 9.59 Å². The van der Waals surface area contributed by atoms with Crippen LogP contribution < -0.4 is 5.32 Å². The number of carbonyl (C=O) groups excluding carboxylic acids is 2. The average Bonchev–Trinajstić information content (AvgIpc) is 2.38. The highest BCUT2D eigenvalue weighted by atomic mass is 16.2. The molecule has 1 unspecified atom stereocenters. The van der Waals surface area contributed by atoms with Crippen molar-refractivity contribution in [2.45, 2.75) is 40.7 Å². The Morgan fingerprint density at radius 2 is 1.39 bits per heavy atom. The van der Waals surface area contributed by atoms with Gasteiger partial charge in [-0.15, -0.1) is 0 Å². The summed E-state index contributed by atoms with van der Waals surface area (Å²) in [6, 6.07) is -0.315. The van der Waals surface area contributed by atoms with Gasteiger partial charge in [0, 0.05) is 26.2 Å². The Bertz CT molecular complexity index is 261. The summed E-state index contributed by atoms with van der Waals surface area (Å²) < 4.78 is 0. The van der Waals surface area contributed by atoms with E-state index in [2.05, 4.69) is 5.32 Å². The minimum absolute atomic E-state index is 0.0409. The Hall–Kier alpha value is -1.10. The Kier molecular flexibility index (Phi) is 8.37. The molecule has 0 aromatic heterocycles. The topological polar surface area (TPSA) is 52.7 Å². The molecule has 0 aliphatic rings. The molecule has 0 radical (unpaired) electrons. The molecule has 18 heavy (non-hydrogen) atoms. The molecular formula is C13H27N3O2. The lowest BCUT2D eigenvalue weighted by Crippen LogP contribution is -2.48. The molecule has 0 fully saturated rings. The first-order valence-electron chi connectivity index (χ1n) is 6.81. The molecule has 0 bridgehead atoms. The third-order valence-electron chi connectivity index (χ3n) is 3.12. The van der Waals surface area contributed by atoms with Gasteiger partial charge in [0.1, 0.15) is 0 Å². The van der Waals surface area contributed by atoms with Crippen LogP contribution in [0.15, 0.2) is 0 Å². The number of likely N-dealkylation sites (N-methyl/N-ethyl adjacent to an activating group) is 2. The van der Waals surface area contributed by atoms with E-state index in [-0.39, 0.29) is 24.4 Å². The first-order chi connectivity index (χ1) is 8.51. The van der Waals surface area contributed by atoms with Crippen LogP contribution >= 0.6 is 0 Å². The van der Waals surface area contributed by atoms with E-state index >= 15 is 0 Å². The molecule has 106 valence electrons. The fourth-order valence-electron chi connectivity index (χ4n) is 1.82. The molecule has 0 spiro atoms. The Morgan fingerprint density at radius 3 is 1.78 bits per heavy atom. The van der Waals surface area contributed by atoms with Gasteiger partial charge >= 0.3 is 0 Å². The number of nitrogens with one attached hydrogen (secondary N) is 1. The van der Waals surface area contributed by atoms with Crippen LogP contribution in [0.1, 0.15) is 34.6 Å². The number of amides is 2. The molecule has 0 rings (SSSR count). The van der Waals surface area contributed by atoms with E-state index < -0.39 is 0 Å². The van der Waals surface area contributed by atoms with Crippen molar-refractivity contribution in [1.29, 1.82) is 0 Å². The van der Waals surface area contributed by atoms with Gasteiger partial charge in [0.15, 0.2) is 0 Å². The summed E-state index contributed by atoms with van der Waals surface area (Å²) in [7, 11) is 0. The van der Waals surface area contributed by atoms with Gasteiger partial charge in [-0.3, -0.25) is 14.9 Å². The van der Waals surface area contributed by atoms with E-state index in [4.69, 9.17) is 0 Å². The number of nitrogens with zero attached hydrogens (tertiary/aromatic N) is 2. The lowest BCUT2D eigenvalue weighted by molar-refractivity contribution is -0.133. The van der Waals surface area contributed by atoms with Crippen molar-refractivity contribution in [2.24, 2.45) is 0 Å². The third kappa shape index (κ3) is 5.04. The van der Waals surface area contributed by atoms with Crippen LogP contribution in [0.25, 0.3) is 0 Å². The van der Waals surface area contributed by atoms with Crippen LogP contribution in [0.5, 0.6) is 0 Å². The standard InChI is InChI=1S/C13H27N3O2/c1-6-15(7-2)12(17)10-14-11(5)13(18)16(8-3)9-4/h11,14H,6-10H2,1-5H3. The average molecular weight is 257 g/mol. The lowest BCUT2D eigenvalue weighted by atomic mass is 10.2. The molecule has 0 aliphatic heterocycles. The Balaban J connectivity index is 4.21. The molecule has 0 saturated heterocycles. The quantitative estimate of drug-likeness (QED) is 0.696. The van der Waals surface area contributed by atoms with Gasteiger partial charge < -0.3 is 9.80 Å². The summed E-state index contributed by atoms with van der Waals surface area (Å²) in [5.74, 6) is 0.0894. The van der Waals surface area contributed by atoms with Crippen molar-refractivity contribution < 1.29 is 9.59 Å². The minimum atomic E-state index is -0.315. The van der Waals surface area contributed by atoms with E-state index in [1.165, 1.54) is 0 Å². The summed E-state index contributed by atoms with van der Waals surface area (Å²) in [6.45, 7) is 12.6. The van der Waals surface area contributed by atoms with E-state index in [0.29, 0.717) is 26.2 Å². The number of rotatable bonds is 8. The van der Waals surface area contributed by atoms with Crippen LogP contribution in [0.2, 0.25) is 0 Å². The zero-order valence-electron chi connectivity index (χ0n) is 12.3. The second-order valence-electron chi connectivity index (χ2n) is 4.18. The maximum Gasteiger partial charge on any atom is 0.239 e. The van der Waals surface area contributed by atoms with Gasteiger partial charge in [0.2, 0.25) is 11.8 Å². The minimum Gasteiger partial charge on any atom is -0.342 e. The predicted octanol–water partition coefficient (Wildman–Crippen LogP) is 0.701. The number of hydrogen-bond acceptors (Lipinski definition) is 3. The van der Waals surface area contributed by atoms with Gasteiger partial charge in [-0.05, 0) is 34.6 Å². The monoisotopic (exact) mass is 257 g/mol. The lowest BCUT2D eigenvalue weighted by Gasteiger charge is -2.24. The van der Waals surface area contributed by atoms with Crippen LogP contribution in [-0.2, 0) is 9.59 Å². The van der Waals surface area contributed by atoms with Crippen LogP contribution in [0.3, 0.4) is 0 Å². The van der Waals surface area contributed by atoms with Crippen LogP contribution in [0.4, 0.5) is 0 Å². The van der Waals surface area contributed by atoms with Crippen molar-refractivity contribution in [3.8, 4) is 0 Å². The van der Waals surface area contributed by atoms with Gasteiger partial charge in [-0.1, -0.05) is 0 Å². The summed E-state index contributed by atoms with van der Waals surface area (Å²) >= 11 is 0. The molecule has 2 amide bonds. The van der Waals surface area contributed by atoms with Crippen molar-refractivity contribution in [2.75, 3.05) is 32.7 Å². The SMILES string of the molecule is CCN(CC)C(=O)CNC(C)C(=O)N(CC)CC. The van der Waals surface area contributed by atoms with Gasteiger partial charge in [0.25, 0.3) is 0 Å². The Labute approximate surface area is 111 Å². The maximum atomic E-state index is 12.0. The van der Waals surface area contributed by atoms with Crippen LogP contribution in [-0.4, -0.2) is 60.4 Å². The fraction of sp³-hybridized carbons (Fsp3) is 0.846. The second-order valence-corrected chi connectivity index (χ2v) is 4.18. The van der Waals surface area contributed by atoms with Gasteiger partial charge in [-0.2, -0.15) is 0 Å². The molecule has 1 N–H and O–H groups in total. The zero-order chi connectivity index (χ0) is 14.1. The molecule has 5 nitrogen and oxygen atoms in total. The van der Waals surface area contributed by atoms with Crippen molar-refractivity contribution >= 4 is 11.8 Å². The van der Waals surface area contributed by atoms with E-state index in [1.807, 2.05) is 27.7 Å². The highest BCUT2D eigenvalue weighted by Gasteiger charge is 2.19. The zero-order valence-corrected chi connectivity index (χ0v) is 12.3. The molecular weight excluding hydrogens is 230 g/mol. The predicted molar refractivity (Wildman–Crippen MR) is 73.3 cm³/mol. The number of hydrogen-bond donors (Lipinski definition) is 1. The van der Waals surface area contributed by atoms with Gasteiger partial charge in [0.05, 0.1) is 12.6 Å². The Morgan fingerprint density at radius 1 is 0.944 bits per heavy atom. The maximum absolute atomic E-state index is 12.0. The normalized spacial score (nSPS) is 12.1. The van der Waals surface area contributed by atoms with Crippen LogP contribution in [0, 0.1) is 0 Å². The van der Waals surface area contributed by atoms with Gasteiger partial charge in [-0.25, -0.2) is 0 Å². The second kappa shape index (κ2) is 8.91. The number of carbonyl (C=O) groups is 2.